The molecular weight excluding hydrogens is 277 g/mol. The highest BCUT2D eigenvalue weighted by Gasteiger charge is 2.32. The SMILES string of the molecule is N#CC1=CC2C(CI)C=NC2N=C1. The highest BCUT2D eigenvalue weighted by Crippen LogP contribution is 2.30. The van der Waals surface area contributed by atoms with E-state index < -0.39 is 0 Å². The van der Waals surface area contributed by atoms with Gasteiger partial charge in [-0.2, -0.15) is 5.26 Å². The van der Waals surface area contributed by atoms with E-state index in [1.807, 2.05) is 12.3 Å². The number of fused-ring (bicyclic) bond motifs is 1. The molecule has 0 saturated heterocycles. The van der Waals surface area contributed by atoms with Gasteiger partial charge in [-0.3, -0.25) is 9.98 Å². The monoisotopic (exact) mass is 285 g/mol. The minimum atomic E-state index is 0.0388. The molecule has 2 aliphatic heterocycles. The molecule has 0 fully saturated rings. The van der Waals surface area contributed by atoms with Gasteiger partial charge in [-0.1, -0.05) is 28.7 Å². The second-order valence-electron chi connectivity index (χ2n) is 3.12. The average Bonchev–Trinajstić information content (AvgIpc) is 2.59. The Morgan fingerprint density at radius 1 is 1.54 bits per heavy atom. The smallest absolute Gasteiger partial charge is 0.146 e. The lowest BCUT2D eigenvalue weighted by Crippen LogP contribution is -2.22. The molecule has 0 aromatic rings. The van der Waals surface area contributed by atoms with Crippen LogP contribution in [-0.4, -0.2) is 23.0 Å². The van der Waals surface area contributed by atoms with Crippen LogP contribution in [0.4, 0.5) is 0 Å². The molecule has 0 aromatic heterocycles. The number of aliphatic imine (C=N–C) groups is 2. The van der Waals surface area contributed by atoms with Crippen molar-refractivity contribution in [2.24, 2.45) is 21.8 Å². The molecule has 0 aromatic carbocycles. The first kappa shape index (κ1) is 8.88. The van der Waals surface area contributed by atoms with Crippen molar-refractivity contribution in [3.05, 3.63) is 11.6 Å². The maximum absolute atomic E-state index is 8.72. The molecule has 2 aliphatic rings. The zero-order valence-electron chi connectivity index (χ0n) is 6.89. The van der Waals surface area contributed by atoms with E-state index in [4.69, 9.17) is 5.26 Å². The van der Waals surface area contributed by atoms with Crippen LogP contribution in [0, 0.1) is 23.2 Å². The van der Waals surface area contributed by atoms with Crippen molar-refractivity contribution in [1.29, 1.82) is 5.26 Å². The van der Waals surface area contributed by atoms with Gasteiger partial charge in [0.25, 0.3) is 0 Å². The molecule has 0 amide bonds. The van der Waals surface area contributed by atoms with Crippen LogP contribution in [-0.2, 0) is 0 Å². The molecule has 0 spiro atoms. The van der Waals surface area contributed by atoms with Gasteiger partial charge in [0.05, 0.1) is 5.57 Å². The third-order valence-electron chi connectivity index (χ3n) is 2.31. The predicted molar refractivity (Wildman–Crippen MR) is 60.3 cm³/mol. The van der Waals surface area contributed by atoms with Crippen LogP contribution in [0.25, 0.3) is 0 Å². The summed E-state index contributed by atoms with van der Waals surface area (Å²) in [5, 5.41) is 8.72. The van der Waals surface area contributed by atoms with Crippen molar-refractivity contribution < 1.29 is 0 Å². The quantitative estimate of drug-likeness (QED) is 0.533. The molecule has 0 aliphatic carbocycles. The Labute approximate surface area is 90.4 Å². The molecule has 3 unspecified atom stereocenters. The van der Waals surface area contributed by atoms with Gasteiger partial charge in [-0.15, -0.1) is 0 Å². The van der Waals surface area contributed by atoms with Gasteiger partial charge in [0.2, 0.25) is 0 Å². The van der Waals surface area contributed by atoms with Crippen molar-refractivity contribution in [2.75, 3.05) is 4.43 Å². The number of alkyl halides is 1. The lowest BCUT2D eigenvalue weighted by Gasteiger charge is -2.18. The average molecular weight is 285 g/mol. The summed E-state index contributed by atoms with van der Waals surface area (Å²) >= 11 is 2.34. The Morgan fingerprint density at radius 2 is 2.38 bits per heavy atom. The predicted octanol–water partition coefficient (Wildman–Crippen LogP) is 1.60. The molecule has 66 valence electrons. The fourth-order valence-electron chi connectivity index (χ4n) is 1.58. The maximum atomic E-state index is 8.72. The number of allylic oxidation sites excluding steroid dienone is 1. The van der Waals surface area contributed by atoms with E-state index in [-0.39, 0.29) is 6.17 Å². The van der Waals surface area contributed by atoms with Crippen LogP contribution in [0.15, 0.2) is 21.6 Å². The van der Waals surface area contributed by atoms with Crippen molar-refractivity contribution >= 4 is 35.0 Å². The number of dihydropyridines is 1. The first-order chi connectivity index (χ1) is 6.35. The molecule has 0 radical (unpaired) electrons. The Morgan fingerprint density at radius 3 is 3.08 bits per heavy atom. The normalized spacial score (nSPS) is 35.4. The molecule has 0 saturated carbocycles. The Balaban J connectivity index is 2.24. The molecule has 3 atom stereocenters. The molecule has 0 N–H and O–H groups in total. The highest BCUT2D eigenvalue weighted by molar-refractivity contribution is 14.1. The summed E-state index contributed by atoms with van der Waals surface area (Å²) < 4.78 is 1.03. The minimum Gasteiger partial charge on any atom is -0.270 e. The van der Waals surface area contributed by atoms with Gasteiger partial charge in [-0.05, 0) is 0 Å². The standard InChI is InChI=1S/C9H8IN3/c10-2-7-5-13-9-8(7)1-6(3-11)4-12-9/h1,4-5,7-9H,2H2. The van der Waals surface area contributed by atoms with E-state index >= 15 is 0 Å². The minimum absolute atomic E-state index is 0.0388. The summed E-state index contributed by atoms with van der Waals surface area (Å²) in [7, 11) is 0. The Kier molecular flexibility index (Phi) is 2.44. The van der Waals surface area contributed by atoms with Crippen molar-refractivity contribution in [3.8, 4) is 6.07 Å². The van der Waals surface area contributed by atoms with Crippen LogP contribution >= 0.6 is 22.6 Å². The van der Waals surface area contributed by atoms with Gasteiger partial charge in [0.15, 0.2) is 0 Å². The molecule has 13 heavy (non-hydrogen) atoms. The van der Waals surface area contributed by atoms with Crippen molar-refractivity contribution in [1.82, 2.24) is 0 Å². The van der Waals surface area contributed by atoms with E-state index in [1.165, 1.54) is 0 Å². The number of nitriles is 1. The number of hydrogen-bond acceptors (Lipinski definition) is 3. The second-order valence-corrected chi connectivity index (χ2v) is 4.00. The molecule has 3 nitrogen and oxygen atoms in total. The Bertz CT molecular complexity index is 337. The largest absolute Gasteiger partial charge is 0.270 e. The van der Waals surface area contributed by atoms with Crippen LogP contribution in [0.1, 0.15) is 0 Å². The van der Waals surface area contributed by atoms with E-state index in [0.29, 0.717) is 17.4 Å². The van der Waals surface area contributed by atoms with Crippen LogP contribution in [0.3, 0.4) is 0 Å². The second kappa shape index (κ2) is 3.58. The summed E-state index contributed by atoms with van der Waals surface area (Å²) in [4.78, 5) is 8.52. The van der Waals surface area contributed by atoms with Crippen molar-refractivity contribution in [2.45, 2.75) is 6.17 Å². The Hall–Kier alpha value is -0.700. The molecule has 2 rings (SSSR count). The fourth-order valence-corrected chi connectivity index (χ4v) is 2.40. The summed E-state index contributed by atoms with van der Waals surface area (Å²) in [5.41, 5.74) is 0.668. The van der Waals surface area contributed by atoms with E-state index in [0.717, 1.165) is 4.43 Å². The van der Waals surface area contributed by atoms with Crippen LogP contribution in [0.2, 0.25) is 0 Å². The molecular formula is C9H8IN3. The van der Waals surface area contributed by atoms with Crippen molar-refractivity contribution in [3.63, 3.8) is 0 Å². The lowest BCUT2D eigenvalue weighted by molar-refractivity contribution is 0.495. The first-order valence-corrected chi connectivity index (χ1v) is 5.62. The van der Waals surface area contributed by atoms with Gasteiger partial charge in [0.1, 0.15) is 12.2 Å². The molecule has 0 bridgehead atoms. The summed E-state index contributed by atoms with van der Waals surface area (Å²) in [6, 6.07) is 2.11. The zero-order valence-corrected chi connectivity index (χ0v) is 9.05. The number of halogens is 1. The molecule has 4 heteroatoms. The maximum Gasteiger partial charge on any atom is 0.146 e. The third-order valence-corrected chi connectivity index (χ3v) is 3.33. The lowest BCUT2D eigenvalue weighted by atomic mass is 9.92. The topological polar surface area (TPSA) is 48.5 Å². The van der Waals surface area contributed by atoms with E-state index in [2.05, 4.69) is 38.6 Å². The first-order valence-electron chi connectivity index (χ1n) is 4.09. The summed E-state index contributed by atoms with van der Waals surface area (Å²) in [6.45, 7) is 0. The van der Waals surface area contributed by atoms with E-state index in [1.54, 1.807) is 6.21 Å². The zero-order chi connectivity index (χ0) is 9.26. The van der Waals surface area contributed by atoms with E-state index in [9.17, 15) is 0 Å². The van der Waals surface area contributed by atoms with Crippen LogP contribution in [0.5, 0.6) is 0 Å². The summed E-state index contributed by atoms with van der Waals surface area (Å²) in [6.07, 6.45) is 5.62. The number of nitrogens with zero attached hydrogens (tertiary/aromatic N) is 3. The van der Waals surface area contributed by atoms with Gasteiger partial charge < -0.3 is 0 Å². The third kappa shape index (κ3) is 1.53. The summed E-state index contributed by atoms with van der Waals surface area (Å²) in [5.74, 6) is 0.767. The highest BCUT2D eigenvalue weighted by atomic mass is 127. The van der Waals surface area contributed by atoms with Gasteiger partial charge in [0, 0.05) is 28.7 Å². The molecule has 2 heterocycles. The number of hydrogen-bond donors (Lipinski definition) is 0. The van der Waals surface area contributed by atoms with Gasteiger partial charge >= 0.3 is 0 Å². The van der Waals surface area contributed by atoms with Crippen LogP contribution < -0.4 is 0 Å². The van der Waals surface area contributed by atoms with Gasteiger partial charge in [-0.25, -0.2) is 0 Å². The number of rotatable bonds is 1. The fraction of sp³-hybridized carbons (Fsp3) is 0.444.